The number of aromatic nitrogens is 6. The van der Waals surface area contributed by atoms with Crippen LogP contribution in [0.3, 0.4) is 0 Å². The monoisotopic (exact) mass is 407 g/mol. The molecule has 5 rings (SSSR count). The van der Waals surface area contributed by atoms with Gasteiger partial charge in [-0.2, -0.15) is 0 Å². The van der Waals surface area contributed by atoms with Crippen LogP contribution in [0.5, 0.6) is 0 Å². The highest BCUT2D eigenvalue weighted by atomic mass is 16.5. The van der Waals surface area contributed by atoms with E-state index in [1.807, 2.05) is 12.3 Å². The van der Waals surface area contributed by atoms with Gasteiger partial charge < -0.3 is 14.2 Å². The van der Waals surface area contributed by atoms with Crippen LogP contribution < -0.4 is 5.56 Å². The molecule has 0 aliphatic carbocycles. The number of likely N-dealkylation sites (tertiary alicyclic amines) is 1. The van der Waals surface area contributed by atoms with Crippen LogP contribution in [0.2, 0.25) is 0 Å². The number of pyridine rings is 1. The minimum absolute atomic E-state index is 0.0968. The molecule has 4 aromatic rings. The standard InChI is InChI=1S/C20H21N7O3/c1-30-11-10-25-16(20(29)24-8-5-14(13-24)27-9-6-21-23-27)12-15-18(25)22-17-4-2-3-7-26(17)19(15)28/h2-4,6-7,9,12,14H,5,8,10-11,13H2,1H3. The van der Waals surface area contributed by atoms with Crippen LogP contribution in [0.25, 0.3) is 16.7 Å². The summed E-state index contributed by atoms with van der Waals surface area (Å²) in [5.74, 6) is -0.125. The molecule has 0 bridgehead atoms. The minimum atomic E-state index is -0.192. The van der Waals surface area contributed by atoms with Crippen LogP contribution >= 0.6 is 0 Å². The summed E-state index contributed by atoms with van der Waals surface area (Å²) in [5.41, 5.74) is 1.29. The molecule has 1 aliphatic rings. The van der Waals surface area contributed by atoms with Crippen molar-refractivity contribution in [2.45, 2.75) is 19.0 Å². The fourth-order valence-electron chi connectivity index (χ4n) is 4.05. The van der Waals surface area contributed by atoms with Gasteiger partial charge in [-0.15, -0.1) is 5.10 Å². The third-order valence-corrected chi connectivity index (χ3v) is 5.58. The number of carbonyl (C=O) groups is 1. The van der Waals surface area contributed by atoms with Crippen molar-refractivity contribution in [2.24, 2.45) is 0 Å². The van der Waals surface area contributed by atoms with Crippen molar-refractivity contribution in [3.8, 4) is 0 Å². The smallest absolute Gasteiger partial charge is 0.270 e. The van der Waals surface area contributed by atoms with Gasteiger partial charge in [0, 0.05) is 39.1 Å². The Bertz CT molecular complexity index is 1280. The molecule has 0 aromatic carbocycles. The molecule has 1 fully saturated rings. The molecule has 0 spiro atoms. The lowest BCUT2D eigenvalue weighted by molar-refractivity contribution is 0.0774. The topological polar surface area (TPSA) is 99.5 Å². The molecule has 154 valence electrons. The van der Waals surface area contributed by atoms with Gasteiger partial charge in [-0.3, -0.25) is 14.0 Å². The number of fused-ring (bicyclic) bond motifs is 2. The normalized spacial score (nSPS) is 16.7. The van der Waals surface area contributed by atoms with Crippen molar-refractivity contribution < 1.29 is 9.53 Å². The third kappa shape index (κ3) is 2.96. The molecule has 5 heterocycles. The van der Waals surface area contributed by atoms with E-state index in [9.17, 15) is 9.59 Å². The number of ether oxygens (including phenoxy) is 1. The first-order chi connectivity index (χ1) is 14.7. The number of hydrogen-bond donors (Lipinski definition) is 0. The second-order valence-electron chi connectivity index (χ2n) is 7.33. The lowest BCUT2D eigenvalue weighted by Gasteiger charge is -2.18. The first-order valence-electron chi connectivity index (χ1n) is 9.82. The van der Waals surface area contributed by atoms with Crippen molar-refractivity contribution in [1.29, 1.82) is 0 Å². The highest BCUT2D eigenvalue weighted by molar-refractivity contribution is 5.98. The molecule has 0 radical (unpaired) electrons. The highest BCUT2D eigenvalue weighted by Gasteiger charge is 2.31. The maximum atomic E-state index is 13.4. The second kappa shape index (κ2) is 7.38. The summed E-state index contributed by atoms with van der Waals surface area (Å²) in [5, 5.41) is 8.33. The maximum absolute atomic E-state index is 13.4. The number of rotatable bonds is 5. The Morgan fingerprint density at radius 2 is 2.20 bits per heavy atom. The molecule has 1 amide bonds. The van der Waals surface area contributed by atoms with Crippen LogP contribution in [0.4, 0.5) is 0 Å². The van der Waals surface area contributed by atoms with E-state index < -0.39 is 0 Å². The summed E-state index contributed by atoms with van der Waals surface area (Å²) in [7, 11) is 1.61. The zero-order chi connectivity index (χ0) is 20.7. The van der Waals surface area contributed by atoms with Crippen LogP contribution in [0.1, 0.15) is 23.0 Å². The van der Waals surface area contributed by atoms with Gasteiger partial charge in [0.2, 0.25) is 0 Å². The van der Waals surface area contributed by atoms with Crippen LogP contribution in [0.15, 0.2) is 47.7 Å². The van der Waals surface area contributed by atoms with E-state index in [1.54, 1.807) is 51.9 Å². The Hall–Kier alpha value is -3.53. The molecule has 0 saturated carbocycles. The Kier molecular flexibility index (Phi) is 4.55. The van der Waals surface area contributed by atoms with E-state index in [0.717, 1.165) is 6.42 Å². The van der Waals surface area contributed by atoms with Crippen molar-refractivity contribution in [3.05, 3.63) is 58.9 Å². The van der Waals surface area contributed by atoms with Crippen molar-refractivity contribution in [3.63, 3.8) is 0 Å². The summed E-state index contributed by atoms with van der Waals surface area (Å²) in [6, 6.07) is 7.14. The lowest BCUT2D eigenvalue weighted by atomic mass is 10.3. The zero-order valence-electron chi connectivity index (χ0n) is 16.5. The Morgan fingerprint density at radius 3 is 3.00 bits per heavy atom. The molecular formula is C20H21N7O3. The highest BCUT2D eigenvalue weighted by Crippen LogP contribution is 2.24. The van der Waals surface area contributed by atoms with Crippen molar-refractivity contribution in [1.82, 2.24) is 33.8 Å². The molecule has 1 unspecified atom stereocenters. The van der Waals surface area contributed by atoms with Crippen molar-refractivity contribution in [2.75, 3.05) is 26.8 Å². The molecule has 1 aliphatic heterocycles. The second-order valence-corrected chi connectivity index (χ2v) is 7.33. The van der Waals surface area contributed by atoms with Gasteiger partial charge >= 0.3 is 0 Å². The molecular weight excluding hydrogens is 386 g/mol. The molecule has 10 heteroatoms. The Labute approximate surface area is 171 Å². The van der Waals surface area contributed by atoms with Gasteiger partial charge in [0.25, 0.3) is 11.5 Å². The number of nitrogens with zero attached hydrogens (tertiary/aromatic N) is 7. The molecule has 10 nitrogen and oxygen atoms in total. The van der Waals surface area contributed by atoms with E-state index in [0.29, 0.717) is 48.6 Å². The van der Waals surface area contributed by atoms with Gasteiger partial charge in [0.1, 0.15) is 17.0 Å². The number of methoxy groups -OCH3 is 1. The van der Waals surface area contributed by atoms with E-state index in [-0.39, 0.29) is 17.5 Å². The average Bonchev–Trinajstić information content (AvgIpc) is 3.51. The summed E-state index contributed by atoms with van der Waals surface area (Å²) >= 11 is 0. The molecule has 30 heavy (non-hydrogen) atoms. The van der Waals surface area contributed by atoms with Crippen LogP contribution in [0, 0.1) is 0 Å². The van der Waals surface area contributed by atoms with E-state index in [2.05, 4.69) is 15.3 Å². The van der Waals surface area contributed by atoms with Crippen LogP contribution in [-0.4, -0.2) is 66.6 Å². The fraction of sp³-hybridized carbons (Fsp3) is 0.350. The number of carbonyl (C=O) groups excluding carboxylic acids is 1. The maximum Gasteiger partial charge on any atom is 0.270 e. The molecule has 0 N–H and O–H groups in total. The summed E-state index contributed by atoms with van der Waals surface area (Å²) in [4.78, 5) is 32.9. The predicted octanol–water partition coefficient (Wildman–Crippen LogP) is 0.974. The van der Waals surface area contributed by atoms with Gasteiger partial charge in [0.05, 0.1) is 24.2 Å². The largest absolute Gasteiger partial charge is 0.383 e. The van der Waals surface area contributed by atoms with Crippen molar-refractivity contribution >= 4 is 22.6 Å². The fourth-order valence-corrected chi connectivity index (χ4v) is 4.05. The van der Waals surface area contributed by atoms with E-state index in [1.165, 1.54) is 4.40 Å². The van der Waals surface area contributed by atoms with E-state index in [4.69, 9.17) is 4.74 Å². The Morgan fingerprint density at radius 1 is 1.30 bits per heavy atom. The first kappa shape index (κ1) is 18.5. The number of hydrogen-bond acceptors (Lipinski definition) is 6. The Balaban J connectivity index is 1.57. The summed E-state index contributed by atoms with van der Waals surface area (Å²) in [6.07, 6.45) is 5.93. The quantitative estimate of drug-likeness (QED) is 0.489. The SMILES string of the molecule is COCCn1c(C(=O)N2CCC(n3ccnn3)C2)cc2c(=O)n3ccccc3nc21. The van der Waals surface area contributed by atoms with Gasteiger partial charge in [-0.25, -0.2) is 9.67 Å². The van der Waals surface area contributed by atoms with E-state index >= 15 is 0 Å². The van der Waals surface area contributed by atoms with Crippen LogP contribution in [-0.2, 0) is 11.3 Å². The van der Waals surface area contributed by atoms with Gasteiger partial charge in [-0.1, -0.05) is 11.3 Å². The lowest BCUT2D eigenvalue weighted by Crippen LogP contribution is -2.31. The van der Waals surface area contributed by atoms with Gasteiger partial charge in [-0.05, 0) is 24.6 Å². The average molecular weight is 407 g/mol. The first-order valence-corrected chi connectivity index (χ1v) is 9.82. The molecule has 1 atom stereocenters. The minimum Gasteiger partial charge on any atom is -0.383 e. The third-order valence-electron chi connectivity index (χ3n) is 5.58. The molecule has 4 aromatic heterocycles. The molecule has 1 saturated heterocycles. The summed E-state index contributed by atoms with van der Waals surface area (Å²) in [6.45, 7) is 1.99. The number of amides is 1. The predicted molar refractivity (Wildman–Crippen MR) is 108 cm³/mol. The van der Waals surface area contributed by atoms with Gasteiger partial charge in [0.15, 0.2) is 0 Å². The zero-order valence-corrected chi connectivity index (χ0v) is 16.5. The summed E-state index contributed by atoms with van der Waals surface area (Å²) < 4.78 is 10.3.